The summed E-state index contributed by atoms with van der Waals surface area (Å²) in [5.41, 5.74) is 4.90. The Balaban J connectivity index is 1.80. The summed E-state index contributed by atoms with van der Waals surface area (Å²) in [4.78, 5) is 24.4. The molecule has 3 rings (SSSR count). The van der Waals surface area contributed by atoms with Crippen LogP contribution in [0, 0.1) is 20.8 Å². The van der Waals surface area contributed by atoms with Crippen molar-refractivity contribution in [2.24, 2.45) is 0 Å². The number of hydrogen-bond acceptors (Lipinski definition) is 4. The predicted octanol–water partition coefficient (Wildman–Crippen LogP) is 5.02. The number of anilines is 1. The van der Waals surface area contributed by atoms with Crippen LogP contribution in [0.1, 0.15) is 41.2 Å². The number of carbonyl (C=O) groups is 2. The molecule has 1 N–H and O–H groups in total. The molecule has 0 saturated carbocycles. The number of ether oxygens (including phenoxy) is 2. The van der Waals surface area contributed by atoms with Gasteiger partial charge in [0.1, 0.15) is 11.5 Å². The topological polar surface area (TPSA) is 69.6 Å². The highest BCUT2D eigenvalue weighted by atomic mass is 16.5. The van der Waals surface area contributed by atoms with Crippen molar-refractivity contribution in [3.05, 3.63) is 71.0 Å². The number of aryl methyl sites for hydroxylation is 2. The van der Waals surface area contributed by atoms with Crippen LogP contribution in [-0.4, -0.2) is 29.5 Å². The normalized spacial score (nSPS) is 10.6. The lowest BCUT2D eigenvalue weighted by atomic mass is 10.1. The Hall–Kier alpha value is -3.54. The van der Waals surface area contributed by atoms with Crippen molar-refractivity contribution < 1.29 is 19.1 Å². The van der Waals surface area contributed by atoms with Gasteiger partial charge in [-0.1, -0.05) is 6.07 Å². The van der Waals surface area contributed by atoms with Crippen molar-refractivity contribution in [1.82, 2.24) is 4.57 Å². The maximum absolute atomic E-state index is 12.9. The molecule has 0 fully saturated rings. The molecule has 0 saturated heterocycles. The van der Waals surface area contributed by atoms with Crippen LogP contribution in [0.2, 0.25) is 0 Å². The van der Waals surface area contributed by atoms with Gasteiger partial charge in [0.15, 0.2) is 6.61 Å². The molecule has 162 valence electrons. The minimum Gasteiger partial charge on any atom is -0.494 e. The van der Waals surface area contributed by atoms with Gasteiger partial charge in [-0.15, -0.1) is 0 Å². The average Bonchev–Trinajstić information content (AvgIpc) is 3.02. The Morgan fingerprint density at radius 1 is 0.968 bits per heavy atom. The highest BCUT2D eigenvalue weighted by molar-refractivity contribution is 5.99. The van der Waals surface area contributed by atoms with E-state index in [1.165, 1.54) is 6.92 Å². The molecule has 0 atom stereocenters. The smallest absolute Gasteiger partial charge is 0.221 e. The fraction of sp³-hybridized carbons (Fsp3) is 0.280. The molecule has 31 heavy (non-hydrogen) atoms. The molecule has 1 heterocycles. The van der Waals surface area contributed by atoms with E-state index in [4.69, 9.17) is 9.47 Å². The standard InChI is InChI=1S/C25H28N2O4/c1-6-30-21-10-8-20(9-11-21)27-17(3)14-22(18(27)4)24(29)15-31-25-13-16(2)7-12-23(25)26-19(5)28/h7-14H,6,15H2,1-5H3,(H,26,28). The number of Topliss-reactive ketones (excluding diaryl/α,β-unsaturated/α-hetero) is 1. The molecule has 1 aromatic heterocycles. The monoisotopic (exact) mass is 420 g/mol. The number of nitrogens with zero attached hydrogens (tertiary/aromatic N) is 1. The molecular formula is C25H28N2O4. The van der Waals surface area contributed by atoms with E-state index in [-0.39, 0.29) is 18.3 Å². The average molecular weight is 421 g/mol. The van der Waals surface area contributed by atoms with E-state index >= 15 is 0 Å². The summed E-state index contributed by atoms with van der Waals surface area (Å²) < 4.78 is 13.3. The van der Waals surface area contributed by atoms with Crippen LogP contribution in [0.4, 0.5) is 5.69 Å². The van der Waals surface area contributed by atoms with E-state index < -0.39 is 0 Å². The van der Waals surface area contributed by atoms with Gasteiger partial charge in [0.05, 0.1) is 12.3 Å². The zero-order valence-corrected chi connectivity index (χ0v) is 18.6. The van der Waals surface area contributed by atoms with Crippen LogP contribution >= 0.6 is 0 Å². The van der Waals surface area contributed by atoms with Crippen molar-refractivity contribution in [2.45, 2.75) is 34.6 Å². The second-order valence-corrected chi connectivity index (χ2v) is 7.44. The molecule has 0 spiro atoms. The molecule has 0 aliphatic rings. The van der Waals surface area contributed by atoms with Gasteiger partial charge >= 0.3 is 0 Å². The Kier molecular flexibility index (Phi) is 6.80. The van der Waals surface area contributed by atoms with Crippen LogP contribution in [0.5, 0.6) is 11.5 Å². The summed E-state index contributed by atoms with van der Waals surface area (Å²) in [6, 6.07) is 15.1. The summed E-state index contributed by atoms with van der Waals surface area (Å²) in [6.07, 6.45) is 0. The maximum Gasteiger partial charge on any atom is 0.221 e. The minimum absolute atomic E-state index is 0.121. The van der Waals surface area contributed by atoms with Crippen molar-refractivity contribution >= 4 is 17.4 Å². The molecule has 6 heteroatoms. The number of ketones is 1. The summed E-state index contributed by atoms with van der Waals surface area (Å²) in [5, 5.41) is 2.73. The largest absolute Gasteiger partial charge is 0.494 e. The molecule has 3 aromatic rings. The fourth-order valence-corrected chi connectivity index (χ4v) is 3.56. The summed E-state index contributed by atoms with van der Waals surface area (Å²) in [7, 11) is 0. The zero-order chi connectivity index (χ0) is 22.5. The molecule has 0 unspecified atom stereocenters. The number of benzene rings is 2. The molecule has 0 radical (unpaired) electrons. The third-order valence-electron chi connectivity index (χ3n) is 4.94. The lowest BCUT2D eigenvalue weighted by molar-refractivity contribution is -0.114. The first-order valence-electron chi connectivity index (χ1n) is 10.3. The van der Waals surface area contributed by atoms with E-state index in [0.717, 1.165) is 28.4 Å². The van der Waals surface area contributed by atoms with Crippen molar-refractivity contribution in [2.75, 3.05) is 18.5 Å². The van der Waals surface area contributed by atoms with E-state index in [1.54, 1.807) is 6.07 Å². The Bertz CT molecular complexity index is 1100. The second kappa shape index (κ2) is 9.51. The number of rotatable bonds is 8. The first-order valence-corrected chi connectivity index (χ1v) is 10.3. The van der Waals surface area contributed by atoms with Gasteiger partial charge in [0, 0.05) is 29.6 Å². The minimum atomic E-state index is -0.195. The summed E-state index contributed by atoms with van der Waals surface area (Å²) in [5.74, 6) is 0.968. The second-order valence-electron chi connectivity index (χ2n) is 7.44. The highest BCUT2D eigenvalue weighted by Crippen LogP contribution is 2.27. The van der Waals surface area contributed by atoms with Crippen LogP contribution in [0.25, 0.3) is 5.69 Å². The third kappa shape index (κ3) is 5.15. The SMILES string of the molecule is CCOc1ccc(-n2c(C)cc(C(=O)COc3cc(C)ccc3NC(C)=O)c2C)cc1. The van der Waals surface area contributed by atoms with E-state index in [2.05, 4.69) is 5.32 Å². The lowest BCUT2D eigenvalue weighted by Crippen LogP contribution is -2.14. The van der Waals surface area contributed by atoms with Gasteiger partial charge in [-0.3, -0.25) is 9.59 Å². The lowest BCUT2D eigenvalue weighted by Gasteiger charge is -2.13. The Labute approximate surface area is 182 Å². The van der Waals surface area contributed by atoms with Crippen LogP contribution < -0.4 is 14.8 Å². The number of hydrogen-bond donors (Lipinski definition) is 1. The van der Waals surface area contributed by atoms with Crippen molar-refractivity contribution in [1.29, 1.82) is 0 Å². The van der Waals surface area contributed by atoms with Gasteiger partial charge in [-0.25, -0.2) is 0 Å². The predicted molar refractivity (Wildman–Crippen MR) is 122 cm³/mol. The van der Waals surface area contributed by atoms with Gasteiger partial charge in [-0.2, -0.15) is 0 Å². The number of carbonyl (C=O) groups excluding carboxylic acids is 2. The van der Waals surface area contributed by atoms with Gasteiger partial charge < -0.3 is 19.4 Å². The van der Waals surface area contributed by atoms with E-state index in [9.17, 15) is 9.59 Å². The Morgan fingerprint density at radius 3 is 2.32 bits per heavy atom. The summed E-state index contributed by atoms with van der Waals surface area (Å²) >= 11 is 0. The van der Waals surface area contributed by atoms with Gasteiger partial charge in [-0.05, 0) is 75.7 Å². The van der Waals surface area contributed by atoms with Crippen LogP contribution in [0.3, 0.4) is 0 Å². The quantitative estimate of drug-likeness (QED) is 0.520. The van der Waals surface area contributed by atoms with Gasteiger partial charge in [0.25, 0.3) is 0 Å². The first kappa shape index (κ1) is 22.2. The number of nitrogens with one attached hydrogen (secondary N) is 1. The molecule has 2 aromatic carbocycles. The molecular weight excluding hydrogens is 392 g/mol. The van der Waals surface area contributed by atoms with Gasteiger partial charge in [0.2, 0.25) is 11.7 Å². The molecule has 0 aliphatic carbocycles. The molecule has 1 amide bonds. The zero-order valence-electron chi connectivity index (χ0n) is 18.6. The molecule has 6 nitrogen and oxygen atoms in total. The maximum atomic E-state index is 12.9. The van der Waals surface area contributed by atoms with Crippen LogP contribution in [0.15, 0.2) is 48.5 Å². The fourth-order valence-electron chi connectivity index (χ4n) is 3.56. The molecule has 0 bridgehead atoms. The summed E-state index contributed by atoms with van der Waals surface area (Å²) in [6.45, 7) is 9.70. The third-order valence-corrected chi connectivity index (χ3v) is 4.94. The van der Waals surface area contributed by atoms with Crippen LogP contribution in [-0.2, 0) is 4.79 Å². The van der Waals surface area contributed by atoms with Crippen molar-refractivity contribution in [3.63, 3.8) is 0 Å². The number of aromatic nitrogens is 1. The first-order chi connectivity index (χ1) is 14.8. The number of amides is 1. The molecule has 0 aliphatic heterocycles. The van der Waals surface area contributed by atoms with Crippen molar-refractivity contribution in [3.8, 4) is 17.2 Å². The van der Waals surface area contributed by atoms with E-state index in [1.807, 2.05) is 74.7 Å². The highest BCUT2D eigenvalue weighted by Gasteiger charge is 2.18. The Morgan fingerprint density at radius 2 is 1.68 bits per heavy atom. The van der Waals surface area contributed by atoms with E-state index in [0.29, 0.717) is 23.6 Å².